The van der Waals surface area contributed by atoms with E-state index < -0.39 is 23.0 Å². The molecule has 6 nitrogen and oxygen atoms in total. The van der Waals surface area contributed by atoms with Gasteiger partial charge in [-0.1, -0.05) is 42.5 Å². The number of Topliss-reactive ketones (excluding diaryl/α,β-unsaturated/α-hetero) is 1. The van der Waals surface area contributed by atoms with Crippen LogP contribution in [0.15, 0.2) is 42.5 Å². The minimum absolute atomic E-state index is 0.155. The maximum atomic E-state index is 12.9. The maximum Gasteiger partial charge on any atom is 0.413 e. The molecule has 0 aromatic heterocycles. The van der Waals surface area contributed by atoms with Crippen LogP contribution in [-0.4, -0.2) is 46.9 Å². The molecule has 1 heterocycles. The van der Waals surface area contributed by atoms with Crippen molar-refractivity contribution >= 4 is 11.9 Å². The average molecular weight is 510 g/mol. The number of amides is 1. The molecule has 1 atom stereocenters. The van der Waals surface area contributed by atoms with Gasteiger partial charge in [-0.3, -0.25) is 9.69 Å². The first-order valence-electron chi connectivity index (χ1n) is 13.1. The molecule has 3 rings (SSSR count). The van der Waals surface area contributed by atoms with Crippen molar-refractivity contribution in [2.45, 2.75) is 98.1 Å². The number of aryl methyl sites for hydroxylation is 3. The quantitative estimate of drug-likeness (QED) is 0.348. The van der Waals surface area contributed by atoms with Crippen LogP contribution < -0.4 is 0 Å². The molecule has 1 aliphatic rings. The number of ether oxygens (including phenoxy) is 3. The molecule has 1 amide bonds. The minimum Gasteiger partial charge on any atom is -0.444 e. The third kappa shape index (κ3) is 7.65. The van der Waals surface area contributed by atoms with Crippen molar-refractivity contribution < 1.29 is 23.8 Å². The van der Waals surface area contributed by atoms with Gasteiger partial charge in [-0.15, -0.1) is 0 Å². The molecule has 1 saturated heterocycles. The second-order valence-electron chi connectivity index (χ2n) is 11.9. The lowest BCUT2D eigenvalue weighted by Crippen LogP contribution is -2.57. The Bertz CT molecular complexity index is 1100. The molecule has 2 aromatic carbocycles. The molecule has 37 heavy (non-hydrogen) atoms. The van der Waals surface area contributed by atoms with Crippen molar-refractivity contribution in [3.8, 4) is 0 Å². The fraction of sp³-hybridized carbons (Fsp3) is 0.548. The number of hydrogen-bond acceptors (Lipinski definition) is 5. The molecule has 1 aliphatic heterocycles. The Morgan fingerprint density at radius 2 is 1.62 bits per heavy atom. The lowest BCUT2D eigenvalue weighted by Gasteiger charge is -2.40. The zero-order chi connectivity index (χ0) is 27.4. The molecular formula is C31H43NO5. The van der Waals surface area contributed by atoms with Crippen molar-refractivity contribution in [2.24, 2.45) is 0 Å². The SMILES string of the molecule is Cc1ccc(CCCC(=O)c2ccc(COC[C@]3(C)COC(C)(C)N3C(=O)OC(C)(C)C)cc2)cc1C. The molecule has 1 fully saturated rings. The smallest absolute Gasteiger partial charge is 0.413 e. The third-order valence-corrected chi connectivity index (χ3v) is 6.79. The zero-order valence-corrected chi connectivity index (χ0v) is 23.8. The summed E-state index contributed by atoms with van der Waals surface area (Å²) in [5, 5.41) is 0. The topological polar surface area (TPSA) is 65.1 Å². The zero-order valence-electron chi connectivity index (χ0n) is 23.8. The number of carbonyl (C=O) groups excluding carboxylic acids is 2. The summed E-state index contributed by atoms with van der Waals surface area (Å²) in [4.78, 5) is 27.3. The molecule has 0 radical (unpaired) electrons. The van der Waals surface area contributed by atoms with Gasteiger partial charge in [0.05, 0.1) is 25.4 Å². The fourth-order valence-corrected chi connectivity index (χ4v) is 4.70. The predicted molar refractivity (Wildman–Crippen MR) is 146 cm³/mol. The number of rotatable bonds is 9. The van der Waals surface area contributed by atoms with Gasteiger partial charge >= 0.3 is 6.09 Å². The van der Waals surface area contributed by atoms with Gasteiger partial charge < -0.3 is 14.2 Å². The number of benzene rings is 2. The predicted octanol–water partition coefficient (Wildman–Crippen LogP) is 6.79. The van der Waals surface area contributed by atoms with Crippen molar-refractivity contribution in [1.29, 1.82) is 0 Å². The number of carbonyl (C=O) groups is 2. The Morgan fingerprint density at radius 3 is 2.24 bits per heavy atom. The van der Waals surface area contributed by atoms with E-state index in [0.717, 1.165) is 24.0 Å². The van der Waals surface area contributed by atoms with Crippen LogP contribution in [0, 0.1) is 13.8 Å². The highest BCUT2D eigenvalue weighted by Crippen LogP contribution is 2.36. The summed E-state index contributed by atoms with van der Waals surface area (Å²) in [6.45, 7) is 16.5. The molecule has 6 heteroatoms. The molecule has 202 valence electrons. The summed E-state index contributed by atoms with van der Waals surface area (Å²) in [6.07, 6.45) is 1.84. The van der Waals surface area contributed by atoms with Gasteiger partial charge in [0.15, 0.2) is 5.78 Å². The van der Waals surface area contributed by atoms with E-state index in [1.54, 1.807) is 4.90 Å². The summed E-state index contributed by atoms with van der Waals surface area (Å²) in [6, 6.07) is 14.1. The van der Waals surface area contributed by atoms with E-state index in [1.165, 1.54) is 16.7 Å². The second-order valence-corrected chi connectivity index (χ2v) is 11.9. The van der Waals surface area contributed by atoms with Crippen LogP contribution in [0.5, 0.6) is 0 Å². The fourth-order valence-electron chi connectivity index (χ4n) is 4.70. The van der Waals surface area contributed by atoms with E-state index in [9.17, 15) is 9.59 Å². The van der Waals surface area contributed by atoms with E-state index >= 15 is 0 Å². The number of hydrogen-bond donors (Lipinski definition) is 0. The van der Waals surface area contributed by atoms with Gasteiger partial charge in [0.1, 0.15) is 11.3 Å². The first-order chi connectivity index (χ1) is 17.2. The van der Waals surface area contributed by atoms with E-state index in [4.69, 9.17) is 14.2 Å². The normalized spacial score (nSPS) is 19.2. The number of nitrogens with zero attached hydrogens (tertiary/aromatic N) is 1. The Labute approximate surface area is 222 Å². The van der Waals surface area contributed by atoms with Gasteiger partial charge in [-0.2, -0.15) is 0 Å². The van der Waals surface area contributed by atoms with Gasteiger partial charge in [-0.05, 0) is 90.5 Å². The summed E-state index contributed by atoms with van der Waals surface area (Å²) < 4.78 is 17.6. The average Bonchev–Trinajstić information content (AvgIpc) is 3.04. The monoisotopic (exact) mass is 509 g/mol. The largest absolute Gasteiger partial charge is 0.444 e. The third-order valence-electron chi connectivity index (χ3n) is 6.79. The molecule has 0 bridgehead atoms. The first-order valence-corrected chi connectivity index (χ1v) is 13.1. The molecule has 0 spiro atoms. The maximum absolute atomic E-state index is 12.9. The molecule has 0 aliphatic carbocycles. The molecule has 0 unspecified atom stereocenters. The lowest BCUT2D eigenvalue weighted by atomic mass is 9.99. The van der Waals surface area contributed by atoms with Gasteiger partial charge in [0, 0.05) is 12.0 Å². The molecule has 2 aromatic rings. The van der Waals surface area contributed by atoms with Crippen LogP contribution in [0.25, 0.3) is 0 Å². The highest BCUT2D eigenvalue weighted by atomic mass is 16.6. The Morgan fingerprint density at radius 1 is 0.973 bits per heavy atom. The van der Waals surface area contributed by atoms with Gasteiger partial charge in [-0.25, -0.2) is 4.79 Å². The summed E-state index contributed by atoms with van der Waals surface area (Å²) >= 11 is 0. The molecule has 0 saturated carbocycles. The van der Waals surface area contributed by atoms with Crippen LogP contribution in [0.4, 0.5) is 4.79 Å². The van der Waals surface area contributed by atoms with Crippen LogP contribution >= 0.6 is 0 Å². The van der Waals surface area contributed by atoms with Crippen molar-refractivity contribution in [3.63, 3.8) is 0 Å². The van der Waals surface area contributed by atoms with Gasteiger partial charge in [0.2, 0.25) is 0 Å². The lowest BCUT2D eigenvalue weighted by molar-refractivity contribution is -0.0752. The van der Waals surface area contributed by atoms with Crippen molar-refractivity contribution in [3.05, 3.63) is 70.3 Å². The minimum atomic E-state index is -0.791. The molecule has 0 N–H and O–H groups in total. The van der Waals surface area contributed by atoms with Crippen LogP contribution in [-0.2, 0) is 27.2 Å². The van der Waals surface area contributed by atoms with Crippen molar-refractivity contribution in [2.75, 3.05) is 13.2 Å². The van der Waals surface area contributed by atoms with Crippen LogP contribution in [0.1, 0.15) is 87.0 Å². The summed E-state index contributed by atoms with van der Waals surface area (Å²) in [5.74, 6) is 0.155. The van der Waals surface area contributed by atoms with E-state index in [1.807, 2.05) is 65.8 Å². The van der Waals surface area contributed by atoms with Gasteiger partial charge in [0.25, 0.3) is 0 Å². The Balaban J connectivity index is 1.50. The summed E-state index contributed by atoms with van der Waals surface area (Å²) in [5.41, 5.74) is 3.50. The summed E-state index contributed by atoms with van der Waals surface area (Å²) in [7, 11) is 0. The van der Waals surface area contributed by atoms with Crippen molar-refractivity contribution in [1.82, 2.24) is 4.90 Å². The van der Waals surface area contributed by atoms with Crippen LogP contribution in [0.3, 0.4) is 0 Å². The highest BCUT2D eigenvalue weighted by Gasteiger charge is 2.53. The van der Waals surface area contributed by atoms with Crippen LogP contribution in [0.2, 0.25) is 0 Å². The van der Waals surface area contributed by atoms with E-state index in [2.05, 4.69) is 32.0 Å². The Hall–Kier alpha value is -2.70. The van der Waals surface area contributed by atoms with E-state index in [0.29, 0.717) is 26.2 Å². The first kappa shape index (κ1) is 28.9. The highest BCUT2D eigenvalue weighted by molar-refractivity contribution is 5.96. The Kier molecular flexibility index (Phi) is 8.86. The molecular weight excluding hydrogens is 466 g/mol. The standard InChI is InChI=1S/C31H43NO5/c1-22-12-13-24(18-23(22)2)10-9-11-27(33)26-16-14-25(15-17-26)19-35-20-31(8)21-36-30(6,7)32(31)28(34)37-29(3,4)5/h12-18H,9-11,19-21H2,1-8H3/t31-/m1/s1. The number of ketones is 1. The second kappa shape index (κ2) is 11.4. The van der Waals surface area contributed by atoms with E-state index in [-0.39, 0.29) is 5.78 Å².